The molecule has 0 saturated carbocycles. The Hall–Kier alpha value is -0.0800. The molecule has 1 N–H and O–H groups in total. The van der Waals surface area contributed by atoms with Gasteiger partial charge in [-0.1, -0.05) is 20.8 Å². The number of hydrogen-bond acceptors (Lipinski definition) is 2. The van der Waals surface area contributed by atoms with E-state index in [-0.39, 0.29) is 5.54 Å². The van der Waals surface area contributed by atoms with Crippen LogP contribution in [0.4, 0.5) is 0 Å². The summed E-state index contributed by atoms with van der Waals surface area (Å²) >= 11 is 0. The first-order chi connectivity index (χ1) is 5.39. The summed E-state index contributed by atoms with van der Waals surface area (Å²) < 4.78 is 5.34. The smallest absolute Gasteiger partial charge is 0.0713 e. The van der Waals surface area contributed by atoms with Crippen molar-refractivity contribution >= 4 is 0 Å². The normalized spacial score (nSPS) is 37.2. The summed E-state index contributed by atoms with van der Waals surface area (Å²) in [6, 6.07) is 0. The van der Waals surface area contributed by atoms with Crippen LogP contribution in [0.25, 0.3) is 0 Å². The molecule has 1 aliphatic rings. The van der Waals surface area contributed by atoms with Crippen LogP contribution in [0.3, 0.4) is 0 Å². The van der Waals surface area contributed by atoms with Gasteiger partial charge in [0.15, 0.2) is 0 Å². The van der Waals surface area contributed by atoms with Crippen LogP contribution < -0.4 is 5.32 Å². The first-order valence-corrected chi connectivity index (χ1v) is 4.67. The van der Waals surface area contributed by atoms with Crippen molar-refractivity contribution in [1.82, 2.24) is 5.32 Å². The lowest BCUT2D eigenvalue weighted by Gasteiger charge is -2.39. The van der Waals surface area contributed by atoms with E-state index in [2.05, 4.69) is 33.0 Å². The van der Waals surface area contributed by atoms with E-state index >= 15 is 0 Å². The topological polar surface area (TPSA) is 21.3 Å². The molecule has 0 aliphatic carbocycles. The van der Waals surface area contributed by atoms with Crippen LogP contribution in [0.2, 0.25) is 0 Å². The minimum absolute atomic E-state index is 0.230. The predicted molar refractivity (Wildman–Crippen MR) is 51.3 cm³/mol. The largest absolute Gasteiger partial charge is 0.380 e. The summed E-state index contributed by atoms with van der Waals surface area (Å²) in [5.74, 6) is 0. The standard InChI is InChI=1S/C10H21NO/c1-9(2,3)10(4)6-8(12-5)7-11-10/h8,11H,6-7H2,1-5H3. The molecule has 1 rings (SSSR count). The second-order valence-corrected chi connectivity index (χ2v) is 5.02. The molecule has 0 aromatic carbocycles. The number of nitrogens with one attached hydrogen (secondary N) is 1. The van der Waals surface area contributed by atoms with Gasteiger partial charge in [-0.15, -0.1) is 0 Å². The van der Waals surface area contributed by atoms with E-state index in [0.29, 0.717) is 11.5 Å². The Balaban J connectivity index is 2.64. The van der Waals surface area contributed by atoms with Gasteiger partial charge >= 0.3 is 0 Å². The van der Waals surface area contributed by atoms with Crippen LogP contribution in [0.15, 0.2) is 0 Å². The highest BCUT2D eigenvalue weighted by Gasteiger charge is 2.43. The molecule has 1 aliphatic heterocycles. The zero-order chi connectivity index (χ0) is 9.41. The Bertz CT molecular complexity index is 162. The zero-order valence-corrected chi connectivity index (χ0v) is 8.90. The van der Waals surface area contributed by atoms with Crippen LogP contribution in [0.5, 0.6) is 0 Å². The molecule has 1 saturated heterocycles. The van der Waals surface area contributed by atoms with E-state index in [1.807, 2.05) is 0 Å². The molecule has 2 heteroatoms. The predicted octanol–water partition coefficient (Wildman–Crippen LogP) is 1.80. The maximum Gasteiger partial charge on any atom is 0.0713 e. The lowest BCUT2D eigenvalue weighted by molar-refractivity contribution is 0.0972. The van der Waals surface area contributed by atoms with Crippen molar-refractivity contribution in [3.63, 3.8) is 0 Å². The Labute approximate surface area is 75.7 Å². The molecular weight excluding hydrogens is 150 g/mol. The van der Waals surface area contributed by atoms with Gasteiger partial charge in [-0.25, -0.2) is 0 Å². The fourth-order valence-electron chi connectivity index (χ4n) is 1.68. The van der Waals surface area contributed by atoms with Crippen LogP contribution >= 0.6 is 0 Å². The van der Waals surface area contributed by atoms with Crippen LogP contribution in [0, 0.1) is 5.41 Å². The van der Waals surface area contributed by atoms with Crippen molar-refractivity contribution in [2.24, 2.45) is 5.41 Å². The van der Waals surface area contributed by atoms with Gasteiger partial charge in [-0.05, 0) is 18.8 Å². The van der Waals surface area contributed by atoms with Gasteiger partial charge in [0.25, 0.3) is 0 Å². The number of rotatable bonds is 1. The van der Waals surface area contributed by atoms with Crippen molar-refractivity contribution < 1.29 is 4.74 Å². The van der Waals surface area contributed by atoms with Gasteiger partial charge in [-0.2, -0.15) is 0 Å². The average Bonchev–Trinajstić information content (AvgIpc) is 2.31. The first-order valence-electron chi connectivity index (χ1n) is 4.67. The van der Waals surface area contributed by atoms with Crippen molar-refractivity contribution in [3.8, 4) is 0 Å². The van der Waals surface area contributed by atoms with E-state index in [1.54, 1.807) is 7.11 Å². The molecule has 2 atom stereocenters. The zero-order valence-electron chi connectivity index (χ0n) is 8.90. The third kappa shape index (κ3) is 1.64. The fraction of sp³-hybridized carbons (Fsp3) is 1.00. The summed E-state index contributed by atoms with van der Waals surface area (Å²) in [6.07, 6.45) is 1.52. The average molecular weight is 171 g/mol. The maximum absolute atomic E-state index is 5.34. The third-order valence-corrected chi connectivity index (χ3v) is 3.34. The molecule has 12 heavy (non-hydrogen) atoms. The van der Waals surface area contributed by atoms with Crippen molar-refractivity contribution in [2.75, 3.05) is 13.7 Å². The third-order valence-electron chi connectivity index (χ3n) is 3.34. The molecule has 0 amide bonds. The van der Waals surface area contributed by atoms with Gasteiger partial charge in [0.1, 0.15) is 0 Å². The van der Waals surface area contributed by atoms with E-state index in [1.165, 1.54) is 0 Å². The van der Waals surface area contributed by atoms with E-state index in [0.717, 1.165) is 13.0 Å². The molecule has 0 radical (unpaired) electrons. The van der Waals surface area contributed by atoms with Crippen LogP contribution in [0.1, 0.15) is 34.1 Å². The molecule has 72 valence electrons. The Morgan fingerprint density at radius 2 is 2.00 bits per heavy atom. The van der Waals surface area contributed by atoms with Crippen molar-refractivity contribution in [2.45, 2.75) is 45.8 Å². The molecule has 0 bridgehead atoms. The Morgan fingerprint density at radius 1 is 1.42 bits per heavy atom. The number of methoxy groups -OCH3 is 1. The van der Waals surface area contributed by atoms with Crippen LogP contribution in [-0.2, 0) is 4.74 Å². The summed E-state index contributed by atoms with van der Waals surface area (Å²) in [4.78, 5) is 0. The minimum Gasteiger partial charge on any atom is -0.380 e. The molecule has 1 fully saturated rings. The van der Waals surface area contributed by atoms with Crippen LogP contribution in [-0.4, -0.2) is 25.3 Å². The summed E-state index contributed by atoms with van der Waals surface area (Å²) in [5, 5.41) is 3.55. The van der Waals surface area contributed by atoms with Crippen molar-refractivity contribution in [3.05, 3.63) is 0 Å². The summed E-state index contributed by atoms with van der Waals surface area (Å²) in [5.41, 5.74) is 0.536. The number of hydrogen-bond donors (Lipinski definition) is 1. The highest BCUT2D eigenvalue weighted by molar-refractivity contribution is 5.01. The molecule has 0 aromatic heterocycles. The molecule has 2 unspecified atom stereocenters. The second-order valence-electron chi connectivity index (χ2n) is 5.02. The van der Waals surface area contributed by atoms with E-state index < -0.39 is 0 Å². The first kappa shape index (κ1) is 10.0. The quantitative estimate of drug-likeness (QED) is 0.649. The lowest BCUT2D eigenvalue weighted by atomic mass is 9.74. The van der Waals surface area contributed by atoms with Gasteiger partial charge in [0.05, 0.1) is 6.10 Å². The second kappa shape index (κ2) is 3.00. The van der Waals surface area contributed by atoms with Gasteiger partial charge < -0.3 is 10.1 Å². The van der Waals surface area contributed by atoms with Gasteiger partial charge in [0.2, 0.25) is 0 Å². The number of ether oxygens (including phenoxy) is 1. The SMILES string of the molecule is COC1CNC(C)(C(C)(C)C)C1. The highest BCUT2D eigenvalue weighted by atomic mass is 16.5. The van der Waals surface area contributed by atoms with Crippen molar-refractivity contribution in [1.29, 1.82) is 0 Å². The Kier molecular flexibility index (Phi) is 2.50. The molecule has 0 aromatic rings. The molecule has 1 heterocycles. The molecular formula is C10H21NO. The fourth-order valence-corrected chi connectivity index (χ4v) is 1.68. The monoisotopic (exact) mass is 171 g/mol. The molecule has 0 spiro atoms. The summed E-state index contributed by atoms with van der Waals surface area (Å²) in [7, 11) is 1.79. The van der Waals surface area contributed by atoms with E-state index in [4.69, 9.17) is 4.74 Å². The molecule has 2 nitrogen and oxygen atoms in total. The highest BCUT2D eigenvalue weighted by Crippen LogP contribution is 2.37. The summed E-state index contributed by atoms with van der Waals surface area (Å²) in [6.45, 7) is 10.1. The Morgan fingerprint density at radius 3 is 2.25 bits per heavy atom. The lowest BCUT2D eigenvalue weighted by Crippen LogP contribution is -2.48. The van der Waals surface area contributed by atoms with Gasteiger partial charge in [0, 0.05) is 19.2 Å². The minimum atomic E-state index is 0.230. The maximum atomic E-state index is 5.34. The van der Waals surface area contributed by atoms with E-state index in [9.17, 15) is 0 Å². The van der Waals surface area contributed by atoms with Gasteiger partial charge in [-0.3, -0.25) is 0 Å².